The normalized spacial score (nSPS) is 15.0. The summed E-state index contributed by atoms with van der Waals surface area (Å²) in [6, 6.07) is 6.71. The lowest BCUT2D eigenvalue weighted by molar-refractivity contribution is 0.427. The van der Waals surface area contributed by atoms with Gasteiger partial charge < -0.3 is 10.6 Å². The average Bonchev–Trinajstić information content (AvgIpc) is 2.41. The summed E-state index contributed by atoms with van der Waals surface area (Å²) in [5.41, 5.74) is 5.75. The maximum Gasteiger partial charge on any atom is 0.0511 e. The fourth-order valence-electron chi connectivity index (χ4n) is 2.43. The maximum absolute atomic E-state index is 5.96. The lowest BCUT2D eigenvalue weighted by Gasteiger charge is -2.33. The van der Waals surface area contributed by atoms with Crippen molar-refractivity contribution in [3.63, 3.8) is 0 Å². The van der Waals surface area contributed by atoms with Crippen LogP contribution in [0.4, 0.5) is 5.69 Å². The van der Waals surface area contributed by atoms with Crippen LogP contribution in [0, 0.1) is 0 Å². The molecule has 1 aromatic carbocycles. The summed E-state index contributed by atoms with van der Waals surface area (Å²) in [5, 5.41) is 0.785. The first-order valence-corrected chi connectivity index (χ1v) is 7.61. The molecule has 0 unspecified atom stereocenters. The van der Waals surface area contributed by atoms with Crippen molar-refractivity contribution in [1.29, 1.82) is 0 Å². The second kappa shape index (κ2) is 9.87. The van der Waals surface area contributed by atoms with Crippen LogP contribution in [0.15, 0.2) is 22.7 Å². The van der Waals surface area contributed by atoms with E-state index < -0.39 is 0 Å². The van der Waals surface area contributed by atoms with E-state index in [9.17, 15) is 0 Å². The Hall–Kier alpha value is 0.0400. The molecule has 0 bridgehead atoms. The molecular weight excluding hydrogens is 347 g/mol. The van der Waals surface area contributed by atoms with E-state index in [-0.39, 0.29) is 12.4 Å². The highest BCUT2D eigenvalue weighted by Gasteiger charge is 2.19. The number of nitrogens with zero attached hydrogens (tertiary/aromatic N) is 1. The Balaban J connectivity index is 0.00000103. The van der Waals surface area contributed by atoms with Crippen LogP contribution in [-0.4, -0.2) is 20.1 Å². The molecule has 5 heteroatoms. The van der Waals surface area contributed by atoms with Crippen LogP contribution < -0.4 is 10.6 Å². The van der Waals surface area contributed by atoms with Crippen LogP contribution in [-0.2, 0) is 0 Å². The molecule has 0 heterocycles. The highest BCUT2D eigenvalue weighted by atomic mass is 79.9. The summed E-state index contributed by atoms with van der Waals surface area (Å²) >= 11 is 9.55. The van der Waals surface area contributed by atoms with Crippen molar-refractivity contribution in [2.45, 2.75) is 38.1 Å². The summed E-state index contributed by atoms with van der Waals surface area (Å²) in [6.45, 7) is 0. The molecular formula is C14H23BrCl2N2. The molecule has 1 saturated carbocycles. The zero-order chi connectivity index (χ0) is 13.5. The maximum atomic E-state index is 5.96. The summed E-state index contributed by atoms with van der Waals surface area (Å²) in [6.07, 6.45) is 6.74. The van der Waals surface area contributed by atoms with Crippen LogP contribution in [0.2, 0.25) is 5.02 Å². The van der Waals surface area contributed by atoms with Gasteiger partial charge in [0.15, 0.2) is 0 Å². The van der Waals surface area contributed by atoms with E-state index in [1.165, 1.54) is 44.8 Å². The van der Waals surface area contributed by atoms with Gasteiger partial charge in [-0.1, -0.05) is 30.9 Å². The molecule has 0 saturated heterocycles. The van der Waals surface area contributed by atoms with Gasteiger partial charge in [0.25, 0.3) is 0 Å². The van der Waals surface area contributed by atoms with Crippen LogP contribution in [0.3, 0.4) is 0 Å². The molecule has 0 spiro atoms. The van der Waals surface area contributed by atoms with Crippen molar-refractivity contribution in [2.24, 2.45) is 5.73 Å². The van der Waals surface area contributed by atoms with Gasteiger partial charge in [0.2, 0.25) is 0 Å². The Morgan fingerprint density at radius 2 is 1.79 bits per heavy atom. The Kier molecular flexibility index (Phi) is 9.89. The van der Waals surface area contributed by atoms with E-state index in [1.54, 1.807) is 0 Å². The molecule has 0 aliphatic heterocycles. The van der Waals surface area contributed by atoms with Crippen LogP contribution in [0.25, 0.3) is 0 Å². The number of rotatable bonds is 2. The van der Waals surface area contributed by atoms with Gasteiger partial charge in [-0.05, 0) is 54.0 Å². The molecule has 1 fully saturated rings. The van der Waals surface area contributed by atoms with Gasteiger partial charge in [-0.25, -0.2) is 0 Å². The number of hydrogen-bond donors (Lipinski definition) is 1. The standard InChI is InChI=1S/C13H17BrClN.CH5N.ClH/c1-16(11-5-3-2-4-6-11)13-8-7-10(15)9-12(13)14;1-2;/h7-9,11H,2-6H2,1H3;2H2,1H3;1H. The van der Waals surface area contributed by atoms with Crippen molar-refractivity contribution in [1.82, 2.24) is 0 Å². The van der Waals surface area contributed by atoms with Crippen molar-refractivity contribution in [2.75, 3.05) is 19.0 Å². The molecule has 2 N–H and O–H groups in total. The minimum atomic E-state index is 0. The molecule has 2 rings (SSSR count). The lowest BCUT2D eigenvalue weighted by Crippen LogP contribution is -2.33. The third-order valence-electron chi connectivity index (χ3n) is 3.41. The van der Waals surface area contributed by atoms with E-state index in [2.05, 4.69) is 39.7 Å². The summed E-state index contributed by atoms with van der Waals surface area (Å²) in [4.78, 5) is 2.39. The van der Waals surface area contributed by atoms with Gasteiger partial charge in [0.05, 0.1) is 5.69 Å². The van der Waals surface area contributed by atoms with Gasteiger partial charge in [-0.3, -0.25) is 0 Å². The highest BCUT2D eigenvalue weighted by Crippen LogP contribution is 2.32. The number of nitrogens with two attached hydrogens (primary N) is 1. The smallest absolute Gasteiger partial charge is 0.0511 e. The molecule has 19 heavy (non-hydrogen) atoms. The molecule has 0 aromatic heterocycles. The first-order chi connectivity index (χ1) is 8.68. The van der Waals surface area contributed by atoms with Gasteiger partial charge in [-0.15, -0.1) is 12.4 Å². The van der Waals surface area contributed by atoms with E-state index in [4.69, 9.17) is 11.6 Å². The van der Waals surface area contributed by atoms with Crippen molar-refractivity contribution < 1.29 is 0 Å². The zero-order valence-corrected chi connectivity index (χ0v) is 14.7. The predicted octanol–water partition coefficient (Wildman–Crippen LogP) is 4.87. The van der Waals surface area contributed by atoms with Gasteiger partial charge in [0, 0.05) is 22.6 Å². The SMILES string of the molecule is CN.CN(c1ccc(Cl)cc1Br)C1CCCCC1.Cl. The van der Waals surface area contributed by atoms with Crippen molar-refractivity contribution >= 4 is 45.6 Å². The number of halogens is 3. The molecule has 1 aliphatic rings. The molecule has 0 atom stereocenters. The van der Waals surface area contributed by atoms with Crippen LogP contribution >= 0.6 is 39.9 Å². The lowest BCUT2D eigenvalue weighted by atomic mass is 9.94. The Bertz CT molecular complexity index is 368. The summed E-state index contributed by atoms with van der Waals surface area (Å²) < 4.78 is 1.09. The van der Waals surface area contributed by atoms with Crippen molar-refractivity contribution in [3.8, 4) is 0 Å². The molecule has 2 nitrogen and oxygen atoms in total. The predicted molar refractivity (Wildman–Crippen MR) is 91.8 cm³/mol. The second-order valence-electron chi connectivity index (χ2n) is 4.50. The summed E-state index contributed by atoms with van der Waals surface area (Å²) in [7, 11) is 3.68. The fraction of sp³-hybridized carbons (Fsp3) is 0.571. The van der Waals surface area contributed by atoms with E-state index in [0.717, 1.165) is 9.50 Å². The number of benzene rings is 1. The topological polar surface area (TPSA) is 29.3 Å². The van der Waals surface area contributed by atoms with Crippen LogP contribution in [0.5, 0.6) is 0 Å². The Morgan fingerprint density at radius 3 is 2.32 bits per heavy atom. The average molecular weight is 370 g/mol. The molecule has 0 radical (unpaired) electrons. The Morgan fingerprint density at radius 1 is 1.21 bits per heavy atom. The monoisotopic (exact) mass is 368 g/mol. The first kappa shape index (κ1) is 19.0. The van der Waals surface area contributed by atoms with E-state index in [1.807, 2.05) is 12.1 Å². The summed E-state index contributed by atoms with van der Waals surface area (Å²) in [5.74, 6) is 0. The van der Waals surface area contributed by atoms with Gasteiger partial charge in [0.1, 0.15) is 0 Å². The second-order valence-corrected chi connectivity index (χ2v) is 5.79. The minimum Gasteiger partial charge on any atom is -0.371 e. The zero-order valence-electron chi connectivity index (χ0n) is 11.5. The van der Waals surface area contributed by atoms with Crippen molar-refractivity contribution in [3.05, 3.63) is 27.7 Å². The largest absolute Gasteiger partial charge is 0.371 e. The van der Waals surface area contributed by atoms with E-state index >= 15 is 0 Å². The molecule has 1 aliphatic carbocycles. The third kappa shape index (κ3) is 5.50. The number of anilines is 1. The third-order valence-corrected chi connectivity index (χ3v) is 4.28. The fourth-order valence-corrected chi connectivity index (χ4v) is 3.39. The van der Waals surface area contributed by atoms with Gasteiger partial charge in [-0.2, -0.15) is 0 Å². The molecule has 0 amide bonds. The molecule has 110 valence electrons. The van der Waals surface area contributed by atoms with Crippen LogP contribution in [0.1, 0.15) is 32.1 Å². The first-order valence-electron chi connectivity index (χ1n) is 6.44. The quantitative estimate of drug-likeness (QED) is 0.805. The minimum absolute atomic E-state index is 0. The number of hydrogen-bond acceptors (Lipinski definition) is 2. The van der Waals surface area contributed by atoms with E-state index in [0.29, 0.717) is 6.04 Å². The highest BCUT2D eigenvalue weighted by molar-refractivity contribution is 9.10. The van der Waals surface area contributed by atoms with Gasteiger partial charge >= 0.3 is 0 Å². The molecule has 1 aromatic rings. The Labute approximate surface area is 136 Å².